The topological polar surface area (TPSA) is 55.6 Å². The van der Waals surface area contributed by atoms with Gasteiger partial charge in [-0.25, -0.2) is 0 Å². The normalized spacial score (nSPS) is 13.5. The Labute approximate surface area is 149 Å². The van der Waals surface area contributed by atoms with Gasteiger partial charge >= 0.3 is 0 Å². The average Bonchev–Trinajstić information content (AvgIpc) is 3.14. The summed E-state index contributed by atoms with van der Waals surface area (Å²) in [5, 5.41) is 0. The van der Waals surface area contributed by atoms with Crippen LogP contribution in [0, 0.1) is 0 Å². The summed E-state index contributed by atoms with van der Waals surface area (Å²) in [6.07, 6.45) is 2.18. The minimum atomic E-state index is 0. The maximum Gasteiger partial charge on any atom is 0.253 e. The molecular formula is C19H23ClN2O2. The Morgan fingerprint density at radius 2 is 1.79 bits per heavy atom. The van der Waals surface area contributed by atoms with Crippen molar-refractivity contribution in [3.05, 3.63) is 65.2 Å². The minimum absolute atomic E-state index is 0. The Bertz CT molecular complexity index is 670. The molecule has 0 aliphatic carbocycles. The lowest BCUT2D eigenvalue weighted by molar-refractivity contribution is 0.0792. The van der Waals surface area contributed by atoms with E-state index >= 15 is 0 Å². The molecule has 1 saturated heterocycles. The number of hydrogen-bond acceptors (Lipinski definition) is 3. The van der Waals surface area contributed by atoms with E-state index in [-0.39, 0.29) is 18.3 Å². The van der Waals surface area contributed by atoms with Crippen molar-refractivity contribution in [1.82, 2.24) is 4.90 Å². The van der Waals surface area contributed by atoms with Crippen LogP contribution in [-0.4, -0.2) is 23.9 Å². The van der Waals surface area contributed by atoms with Gasteiger partial charge in [0.25, 0.3) is 5.91 Å². The number of ether oxygens (including phenoxy) is 1. The summed E-state index contributed by atoms with van der Waals surface area (Å²) in [7, 11) is 0. The molecule has 0 atom stereocenters. The maximum atomic E-state index is 12.5. The zero-order chi connectivity index (χ0) is 16.1. The monoisotopic (exact) mass is 346 g/mol. The molecule has 0 aromatic heterocycles. The lowest BCUT2D eigenvalue weighted by Crippen LogP contribution is -2.27. The smallest absolute Gasteiger partial charge is 0.253 e. The number of halogens is 1. The highest BCUT2D eigenvalue weighted by atomic mass is 35.5. The maximum absolute atomic E-state index is 12.5. The van der Waals surface area contributed by atoms with Gasteiger partial charge in [0.2, 0.25) is 0 Å². The van der Waals surface area contributed by atoms with E-state index in [9.17, 15) is 4.79 Å². The average molecular weight is 347 g/mol. The van der Waals surface area contributed by atoms with Crippen LogP contribution in [0.5, 0.6) is 5.75 Å². The predicted molar refractivity (Wildman–Crippen MR) is 97.5 cm³/mol. The van der Waals surface area contributed by atoms with Gasteiger partial charge in [-0.2, -0.15) is 0 Å². The number of benzene rings is 2. The molecule has 5 heteroatoms. The van der Waals surface area contributed by atoms with E-state index in [1.807, 2.05) is 53.4 Å². The molecule has 1 fully saturated rings. The van der Waals surface area contributed by atoms with E-state index in [2.05, 4.69) is 0 Å². The van der Waals surface area contributed by atoms with Crippen molar-refractivity contribution in [2.24, 2.45) is 5.73 Å². The van der Waals surface area contributed by atoms with Gasteiger partial charge < -0.3 is 15.4 Å². The zero-order valence-corrected chi connectivity index (χ0v) is 14.4. The van der Waals surface area contributed by atoms with E-state index in [0.29, 0.717) is 18.7 Å². The van der Waals surface area contributed by atoms with Crippen LogP contribution < -0.4 is 10.5 Å². The molecule has 0 unspecified atom stereocenters. The van der Waals surface area contributed by atoms with E-state index in [0.717, 1.165) is 42.8 Å². The van der Waals surface area contributed by atoms with Crippen LogP contribution in [0.25, 0.3) is 0 Å². The van der Waals surface area contributed by atoms with Crippen LogP contribution in [0.1, 0.15) is 34.3 Å². The third kappa shape index (κ3) is 4.28. The number of amides is 1. The molecule has 0 radical (unpaired) electrons. The Hall–Kier alpha value is -2.04. The fourth-order valence-corrected chi connectivity index (χ4v) is 2.85. The molecule has 2 aromatic rings. The Kier molecular flexibility index (Phi) is 6.64. The fraction of sp³-hybridized carbons (Fsp3) is 0.316. The van der Waals surface area contributed by atoms with Crippen molar-refractivity contribution in [2.75, 3.05) is 13.1 Å². The number of carbonyl (C=O) groups is 1. The first kappa shape index (κ1) is 18.3. The van der Waals surface area contributed by atoms with Gasteiger partial charge in [0.05, 0.1) is 0 Å². The Morgan fingerprint density at radius 1 is 1.08 bits per heavy atom. The van der Waals surface area contributed by atoms with Gasteiger partial charge in [-0.1, -0.05) is 30.3 Å². The van der Waals surface area contributed by atoms with Crippen LogP contribution in [-0.2, 0) is 13.2 Å². The number of nitrogens with zero attached hydrogens (tertiary/aromatic N) is 1. The van der Waals surface area contributed by atoms with Crippen LogP contribution in [0.15, 0.2) is 48.5 Å². The molecule has 1 heterocycles. The predicted octanol–water partition coefficient (Wildman–Crippen LogP) is 3.38. The first-order valence-electron chi connectivity index (χ1n) is 8.07. The van der Waals surface area contributed by atoms with E-state index in [4.69, 9.17) is 10.5 Å². The van der Waals surface area contributed by atoms with Crippen LogP contribution in [0.4, 0.5) is 0 Å². The first-order chi connectivity index (χ1) is 11.3. The second kappa shape index (κ2) is 8.71. The molecule has 24 heavy (non-hydrogen) atoms. The molecule has 0 spiro atoms. The molecule has 3 rings (SSSR count). The summed E-state index contributed by atoms with van der Waals surface area (Å²) in [5.74, 6) is 0.834. The van der Waals surface area contributed by atoms with Gasteiger partial charge in [-0.3, -0.25) is 4.79 Å². The van der Waals surface area contributed by atoms with Crippen molar-refractivity contribution in [3.63, 3.8) is 0 Å². The van der Waals surface area contributed by atoms with E-state index in [1.54, 1.807) is 0 Å². The van der Waals surface area contributed by atoms with E-state index in [1.165, 1.54) is 0 Å². The molecule has 1 aliphatic rings. The summed E-state index contributed by atoms with van der Waals surface area (Å²) < 4.78 is 5.87. The number of carbonyl (C=O) groups excluding carboxylic acids is 1. The van der Waals surface area contributed by atoms with E-state index < -0.39 is 0 Å². The third-order valence-electron chi connectivity index (χ3n) is 4.16. The van der Waals surface area contributed by atoms with Crippen LogP contribution in [0.3, 0.4) is 0 Å². The SMILES string of the molecule is Cl.NCc1cc(C(=O)N2CCCC2)ccc1OCc1ccccc1. The van der Waals surface area contributed by atoms with Crippen LogP contribution in [0.2, 0.25) is 0 Å². The standard InChI is InChI=1S/C19H22N2O2.ClH/c20-13-17-12-16(19(22)21-10-4-5-11-21)8-9-18(17)23-14-15-6-2-1-3-7-15;/h1-3,6-9,12H,4-5,10-11,13-14,20H2;1H. The molecule has 1 aliphatic heterocycles. The second-order valence-corrected chi connectivity index (χ2v) is 5.80. The van der Waals surface area contributed by atoms with Gasteiger partial charge in [-0.15, -0.1) is 12.4 Å². The summed E-state index contributed by atoms with van der Waals surface area (Å²) in [6, 6.07) is 15.5. The summed E-state index contributed by atoms with van der Waals surface area (Å²) in [6.45, 7) is 2.55. The molecular weight excluding hydrogens is 324 g/mol. The quantitative estimate of drug-likeness (QED) is 0.902. The highest BCUT2D eigenvalue weighted by molar-refractivity contribution is 5.94. The minimum Gasteiger partial charge on any atom is -0.489 e. The highest BCUT2D eigenvalue weighted by Crippen LogP contribution is 2.23. The molecule has 2 N–H and O–H groups in total. The number of likely N-dealkylation sites (tertiary alicyclic amines) is 1. The molecule has 128 valence electrons. The zero-order valence-electron chi connectivity index (χ0n) is 13.6. The number of nitrogens with two attached hydrogens (primary N) is 1. The Balaban J connectivity index is 0.00000208. The molecule has 2 aromatic carbocycles. The molecule has 1 amide bonds. The fourth-order valence-electron chi connectivity index (χ4n) is 2.85. The van der Waals surface area contributed by atoms with Crippen molar-refractivity contribution in [2.45, 2.75) is 26.0 Å². The van der Waals surface area contributed by atoms with Crippen molar-refractivity contribution >= 4 is 18.3 Å². The van der Waals surface area contributed by atoms with Crippen molar-refractivity contribution in [3.8, 4) is 5.75 Å². The number of rotatable bonds is 5. The third-order valence-corrected chi connectivity index (χ3v) is 4.16. The summed E-state index contributed by atoms with van der Waals surface area (Å²) in [4.78, 5) is 14.4. The lowest BCUT2D eigenvalue weighted by atomic mass is 10.1. The van der Waals surface area contributed by atoms with Crippen molar-refractivity contribution < 1.29 is 9.53 Å². The van der Waals surface area contributed by atoms with Gasteiger partial charge in [0, 0.05) is 30.8 Å². The summed E-state index contributed by atoms with van der Waals surface area (Å²) in [5.41, 5.74) is 8.50. The largest absolute Gasteiger partial charge is 0.489 e. The van der Waals surface area contributed by atoms with Gasteiger partial charge in [-0.05, 0) is 36.6 Å². The lowest BCUT2D eigenvalue weighted by Gasteiger charge is -2.17. The first-order valence-corrected chi connectivity index (χ1v) is 8.07. The Morgan fingerprint density at radius 3 is 2.46 bits per heavy atom. The second-order valence-electron chi connectivity index (χ2n) is 5.80. The van der Waals surface area contributed by atoms with Gasteiger partial charge in [0.1, 0.15) is 12.4 Å². The summed E-state index contributed by atoms with van der Waals surface area (Å²) >= 11 is 0. The molecule has 0 saturated carbocycles. The number of hydrogen-bond donors (Lipinski definition) is 1. The highest BCUT2D eigenvalue weighted by Gasteiger charge is 2.20. The molecule has 4 nitrogen and oxygen atoms in total. The molecule has 0 bridgehead atoms. The van der Waals surface area contributed by atoms with Crippen molar-refractivity contribution in [1.29, 1.82) is 0 Å². The van der Waals surface area contributed by atoms with Crippen LogP contribution >= 0.6 is 12.4 Å². The van der Waals surface area contributed by atoms with Gasteiger partial charge in [0.15, 0.2) is 0 Å².